The van der Waals surface area contributed by atoms with Gasteiger partial charge in [0.2, 0.25) is 0 Å². The highest BCUT2D eigenvalue weighted by molar-refractivity contribution is 6.01. The second-order valence-electron chi connectivity index (χ2n) is 5.56. The van der Waals surface area contributed by atoms with Gasteiger partial charge < -0.3 is 14.0 Å². The van der Waals surface area contributed by atoms with Gasteiger partial charge in [0, 0.05) is 22.8 Å². The molecule has 26 heavy (non-hydrogen) atoms. The average molecular weight is 346 g/mol. The van der Waals surface area contributed by atoms with E-state index < -0.39 is 5.97 Å². The number of hydrogen-bond acceptors (Lipinski definition) is 4. The van der Waals surface area contributed by atoms with Crippen molar-refractivity contribution < 1.29 is 14.3 Å². The van der Waals surface area contributed by atoms with Gasteiger partial charge in [0.1, 0.15) is 17.4 Å². The van der Waals surface area contributed by atoms with Crippen molar-refractivity contribution in [3.63, 3.8) is 0 Å². The molecule has 0 aliphatic rings. The van der Waals surface area contributed by atoms with E-state index in [1.165, 1.54) is 0 Å². The molecule has 0 amide bonds. The van der Waals surface area contributed by atoms with Crippen molar-refractivity contribution in [3.8, 4) is 17.5 Å². The second kappa shape index (κ2) is 7.58. The molecule has 1 heterocycles. The number of para-hydroxylation sites is 1. The third-order valence-electron chi connectivity index (χ3n) is 4.01. The topological polar surface area (TPSA) is 64.2 Å². The molecule has 0 atom stereocenters. The van der Waals surface area contributed by atoms with E-state index in [9.17, 15) is 10.1 Å². The highest BCUT2D eigenvalue weighted by Gasteiger charge is 2.13. The van der Waals surface area contributed by atoms with E-state index in [1.54, 1.807) is 20.1 Å². The zero-order chi connectivity index (χ0) is 18.5. The van der Waals surface area contributed by atoms with E-state index in [-0.39, 0.29) is 12.2 Å². The molecule has 0 aliphatic heterocycles. The Labute approximate surface area is 151 Å². The molecular weight excluding hydrogens is 328 g/mol. The van der Waals surface area contributed by atoms with Crippen molar-refractivity contribution >= 4 is 22.9 Å². The summed E-state index contributed by atoms with van der Waals surface area (Å²) in [6, 6.07) is 17.4. The number of rotatable bonds is 5. The second-order valence-corrected chi connectivity index (χ2v) is 5.56. The fourth-order valence-electron chi connectivity index (χ4n) is 2.78. The van der Waals surface area contributed by atoms with Crippen molar-refractivity contribution in [1.82, 2.24) is 4.57 Å². The molecule has 0 radical (unpaired) electrons. The molecule has 5 nitrogen and oxygen atoms in total. The summed E-state index contributed by atoms with van der Waals surface area (Å²) in [5.41, 5.74) is 2.69. The Kier molecular flexibility index (Phi) is 5.04. The maximum Gasteiger partial charge on any atom is 0.348 e. The number of carbonyl (C=O) groups excluding carboxylic acids is 1. The largest absolute Gasteiger partial charge is 0.497 e. The Hall–Kier alpha value is -3.52. The van der Waals surface area contributed by atoms with Gasteiger partial charge in [-0.3, -0.25) is 0 Å². The smallest absolute Gasteiger partial charge is 0.348 e. The summed E-state index contributed by atoms with van der Waals surface area (Å²) >= 11 is 0. The van der Waals surface area contributed by atoms with Gasteiger partial charge >= 0.3 is 5.97 Å². The van der Waals surface area contributed by atoms with Crippen LogP contribution in [0.1, 0.15) is 12.5 Å². The Morgan fingerprint density at radius 2 is 1.92 bits per heavy atom. The zero-order valence-electron chi connectivity index (χ0n) is 14.6. The molecule has 0 saturated heterocycles. The lowest BCUT2D eigenvalue weighted by molar-refractivity contribution is -0.137. The van der Waals surface area contributed by atoms with Crippen LogP contribution in [0.3, 0.4) is 0 Å². The third kappa shape index (κ3) is 3.31. The minimum atomic E-state index is -0.615. The van der Waals surface area contributed by atoms with E-state index in [4.69, 9.17) is 9.47 Å². The minimum absolute atomic E-state index is 0.0236. The summed E-state index contributed by atoms with van der Waals surface area (Å²) in [5.74, 6) is 0.163. The fraction of sp³-hybridized carbons (Fsp3) is 0.143. The number of aromatic nitrogens is 1. The van der Waals surface area contributed by atoms with Crippen molar-refractivity contribution in [2.75, 3.05) is 13.7 Å². The normalized spacial score (nSPS) is 11.2. The number of hydrogen-bond donors (Lipinski definition) is 0. The summed E-state index contributed by atoms with van der Waals surface area (Å²) in [6.07, 6.45) is 3.48. The summed E-state index contributed by atoms with van der Waals surface area (Å²) < 4.78 is 12.2. The number of methoxy groups -OCH3 is 1. The molecule has 0 fully saturated rings. The van der Waals surface area contributed by atoms with Gasteiger partial charge in [-0.15, -0.1) is 0 Å². The van der Waals surface area contributed by atoms with Gasteiger partial charge in [-0.1, -0.05) is 18.2 Å². The van der Waals surface area contributed by atoms with Crippen LogP contribution in [0.25, 0.3) is 22.7 Å². The predicted octanol–water partition coefficient (Wildman–Crippen LogP) is 4.11. The molecule has 0 saturated carbocycles. The quantitative estimate of drug-likeness (QED) is 0.396. The lowest BCUT2D eigenvalue weighted by Crippen LogP contribution is -2.05. The molecule has 2 aromatic carbocycles. The number of esters is 1. The molecule has 0 aliphatic carbocycles. The van der Waals surface area contributed by atoms with E-state index in [0.29, 0.717) is 0 Å². The van der Waals surface area contributed by atoms with Crippen molar-refractivity contribution in [2.24, 2.45) is 0 Å². The summed E-state index contributed by atoms with van der Waals surface area (Å²) in [6.45, 7) is 1.94. The first-order valence-electron chi connectivity index (χ1n) is 8.21. The van der Waals surface area contributed by atoms with Crippen LogP contribution in [-0.2, 0) is 9.53 Å². The van der Waals surface area contributed by atoms with E-state index in [0.717, 1.165) is 27.9 Å². The lowest BCUT2D eigenvalue weighted by Gasteiger charge is -2.06. The van der Waals surface area contributed by atoms with Crippen LogP contribution in [0.5, 0.6) is 5.75 Å². The molecule has 0 N–H and O–H groups in total. The molecule has 3 aromatic rings. The predicted molar refractivity (Wildman–Crippen MR) is 100 cm³/mol. The van der Waals surface area contributed by atoms with Crippen LogP contribution in [0, 0.1) is 11.3 Å². The standard InChI is InChI=1S/C21H18N2O3/c1-3-26-21(24)15(13-22)12-16-14-23(20-7-5-4-6-19(16)20)17-8-10-18(25-2)11-9-17/h4-12,14H,3H2,1-2H3/b15-12+. The minimum Gasteiger partial charge on any atom is -0.497 e. The van der Waals surface area contributed by atoms with Crippen molar-refractivity contribution in [2.45, 2.75) is 6.92 Å². The van der Waals surface area contributed by atoms with Gasteiger partial charge in [0.15, 0.2) is 0 Å². The summed E-state index contributed by atoms with van der Waals surface area (Å²) in [7, 11) is 1.63. The number of nitriles is 1. The van der Waals surface area contributed by atoms with Crippen LogP contribution < -0.4 is 4.74 Å². The number of carbonyl (C=O) groups is 1. The van der Waals surface area contributed by atoms with Crippen LogP contribution in [0.15, 0.2) is 60.3 Å². The van der Waals surface area contributed by atoms with E-state index >= 15 is 0 Å². The SMILES string of the molecule is CCOC(=O)/C(C#N)=C/c1cn(-c2ccc(OC)cc2)c2ccccc12. The Morgan fingerprint density at radius 1 is 1.19 bits per heavy atom. The number of fused-ring (bicyclic) bond motifs is 1. The Balaban J connectivity index is 2.13. The Bertz CT molecular complexity index is 1010. The van der Waals surface area contributed by atoms with E-state index in [2.05, 4.69) is 0 Å². The molecule has 130 valence electrons. The highest BCUT2D eigenvalue weighted by atomic mass is 16.5. The first kappa shape index (κ1) is 17.3. The molecule has 0 spiro atoms. The molecule has 1 aromatic heterocycles. The van der Waals surface area contributed by atoms with Gasteiger partial charge in [0.05, 0.1) is 19.2 Å². The molecular formula is C21H18N2O3. The van der Waals surface area contributed by atoms with Crippen LogP contribution in [-0.4, -0.2) is 24.3 Å². The van der Waals surface area contributed by atoms with E-state index in [1.807, 2.05) is 65.4 Å². The van der Waals surface area contributed by atoms with Crippen LogP contribution in [0.4, 0.5) is 0 Å². The van der Waals surface area contributed by atoms with Crippen molar-refractivity contribution in [1.29, 1.82) is 5.26 Å². The van der Waals surface area contributed by atoms with Crippen LogP contribution >= 0.6 is 0 Å². The maximum atomic E-state index is 11.9. The van der Waals surface area contributed by atoms with Gasteiger partial charge in [-0.2, -0.15) is 5.26 Å². The molecule has 3 rings (SSSR count). The first-order valence-corrected chi connectivity index (χ1v) is 8.21. The summed E-state index contributed by atoms with van der Waals surface area (Å²) in [5, 5.41) is 10.2. The lowest BCUT2D eigenvalue weighted by atomic mass is 10.1. The Morgan fingerprint density at radius 3 is 2.58 bits per heavy atom. The fourth-order valence-corrected chi connectivity index (χ4v) is 2.78. The first-order chi connectivity index (χ1) is 12.7. The maximum absolute atomic E-state index is 11.9. The van der Waals surface area contributed by atoms with Gasteiger partial charge in [-0.25, -0.2) is 4.79 Å². The number of ether oxygens (including phenoxy) is 2. The number of benzene rings is 2. The monoisotopic (exact) mass is 346 g/mol. The van der Waals surface area contributed by atoms with Crippen molar-refractivity contribution in [3.05, 3.63) is 65.9 Å². The van der Waals surface area contributed by atoms with Crippen LogP contribution in [0.2, 0.25) is 0 Å². The summed E-state index contributed by atoms with van der Waals surface area (Å²) in [4.78, 5) is 11.9. The molecule has 0 bridgehead atoms. The van der Waals surface area contributed by atoms with Gasteiger partial charge in [-0.05, 0) is 43.3 Å². The molecule has 5 heteroatoms. The zero-order valence-corrected chi connectivity index (χ0v) is 14.6. The number of nitrogens with zero attached hydrogens (tertiary/aromatic N) is 2. The average Bonchev–Trinajstić information content (AvgIpc) is 3.05. The highest BCUT2D eigenvalue weighted by Crippen LogP contribution is 2.27. The van der Waals surface area contributed by atoms with Gasteiger partial charge in [0.25, 0.3) is 0 Å². The molecule has 0 unspecified atom stereocenters. The third-order valence-corrected chi connectivity index (χ3v) is 4.01.